The predicted molar refractivity (Wildman–Crippen MR) is 130 cm³/mol. The van der Waals surface area contributed by atoms with Gasteiger partial charge in [0.25, 0.3) is 0 Å². The topological polar surface area (TPSA) is 83.8 Å². The molecule has 1 aliphatic heterocycles. The maximum atomic E-state index is 14.4. The van der Waals surface area contributed by atoms with Crippen molar-refractivity contribution in [1.29, 1.82) is 0 Å². The Morgan fingerprint density at radius 2 is 1.97 bits per heavy atom. The monoisotopic (exact) mass is 470 g/mol. The van der Waals surface area contributed by atoms with Crippen molar-refractivity contribution in [3.63, 3.8) is 0 Å². The zero-order chi connectivity index (χ0) is 24.0. The Balaban J connectivity index is 1.55. The minimum atomic E-state index is -0.457. The van der Waals surface area contributed by atoms with E-state index in [2.05, 4.69) is 22.8 Å². The lowest BCUT2D eigenvalue weighted by molar-refractivity contribution is 0.227. The fraction of sp³-hybridized carbons (Fsp3) is 0.370. The van der Waals surface area contributed by atoms with Gasteiger partial charge < -0.3 is 10.5 Å². The van der Waals surface area contributed by atoms with Crippen molar-refractivity contribution in [3.8, 4) is 28.3 Å². The second-order valence-corrected chi connectivity index (χ2v) is 10.2. The Bertz CT molecular complexity index is 1500. The molecule has 2 N–H and O–H groups in total. The van der Waals surface area contributed by atoms with Gasteiger partial charge in [-0.3, -0.25) is 9.36 Å². The van der Waals surface area contributed by atoms with Crippen LogP contribution in [0.1, 0.15) is 67.1 Å². The molecule has 0 saturated heterocycles. The van der Waals surface area contributed by atoms with Crippen molar-refractivity contribution in [2.75, 3.05) is 5.73 Å². The zero-order valence-corrected chi connectivity index (χ0v) is 20.0. The predicted octanol–water partition coefficient (Wildman–Crippen LogP) is 5.18. The number of rotatable bonds is 1. The molecule has 8 heteroatoms. The van der Waals surface area contributed by atoms with Crippen molar-refractivity contribution in [2.45, 2.75) is 51.2 Å². The van der Waals surface area contributed by atoms with Gasteiger partial charge in [-0.05, 0) is 56.4 Å². The summed E-state index contributed by atoms with van der Waals surface area (Å²) in [6, 6.07) is 7.20. The average Bonchev–Trinajstić information content (AvgIpc) is 3.13. The Hall–Kier alpha value is -3.68. The molecule has 7 rings (SSSR count). The molecule has 1 saturated carbocycles. The van der Waals surface area contributed by atoms with Gasteiger partial charge in [-0.2, -0.15) is 10.2 Å². The molecule has 35 heavy (non-hydrogen) atoms. The van der Waals surface area contributed by atoms with Crippen molar-refractivity contribution in [3.05, 3.63) is 64.9 Å². The zero-order valence-electron chi connectivity index (χ0n) is 20.0. The number of benzene rings is 1. The molecule has 3 aliphatic rings. The Morgan fingerprint density at radius 1 is 1.14 bits per heavy atom. The lowest BCUT2D eigenvalue weighted by Crippen LogP contribution is -2.11. The number of aryl methyl sites for hydroxylation is 2. The van der Waals surface area contributed by atoms with Crippen LogP contribution in [0.4, 0.5) is 10.2 Å². The summed E-state index contributed by atoms with van der Waals surface area (Å²) in [4.78, 5) is 4.50. The van der Waals surface area contributed by atoms with Gasteiger partial charge in [-0.25, -0.2) is 9.37 Å². The summed E-state index contributed by atoms with van der Waals surface area (Å²) in [6.45, 7) is 4.18. The van der Waals surface area contributed by atoms with E-state index in [1.165, 1.54) is 17.7 Å². The minimum Gasteiger partial charge on any atom is -0.482 e. The molecule has 0 amide bonds. The van der Waals surface area contributed by atoms with Crippen LogP contribution in [0.5, 0.6) is 5.75 Å². The van der Waals surface area contributed by atoms with E-state index in [1.807, 2.05) is 37.0 Å². The number of nitrogens with zero attached hydrogens (tertiary/aromatic N) is 5. The fourth-order valence-corrected chi connectivity index (χ4v) is 5.94. The van der Waals surface area contributed by atoms with E-state index < -0.39 is 6.10 Å². The maximum Gasteiger partial charge on any atom is 0.166 e. The lowest BCUT2D eigenvalue weighted by atomic mass is 9.88. The van der Waals surface area contributed by atoms with Crippen LogP contribution in [0.3, 0.4) is 0 Å². The summed E-state index contributed by atoms with van der Waals surface area (Å²) in [6.07, 6.45) is 6.47. The van der Waals surface area contributed by atoms with Gasteiger partial charge in [-0.1, -0.05) is 6.92 Å². The van der Waals surface area contributed by atoms with Crippen LogP contribution in [0.15, 0.2) is 36.7 Å². The molecule has 4 atom stereocenters. The summed E-state index contributed by atoms with van der Waals surface area (Å²) in [7, 11) is 1.94. The highest BCUT2D eigenvalue weighted by Gasteiger charge is 2.42. The molecule has 7 nitrogen and oxygen atoms in total. The maximum absolute atomic E-state index is 14.4. The van der Waals surface area contributed by atoms with Gasteiger partial charge in [0.15, 0.2) is 11.6 Å². The molecule has 1 fully saturated rings. The van der Waals surface area contributed by atoms with Crippen molar-refractivity contribution in [2.24, 2.45) is 13.0 Å². The Labute approximate surface area is 202 Å². The second-order valence-electron chi connectivity index (χ2n) is 10.2. The van der Waals surface area contributed by atoms with Crippen LogP contribution >= 0.6 is 0 Å². The Morgan fingerprint density at radius 3 is 2.77 bits per heavy atom. The molecule has 178 valence electrons. The summed E-state index contributed by atoms with van der Waals surface area (Å²) in [5.74, 6) is 1.23. The summed E-state index contributed by atoms with van der Waals surface area (Å²) in [5.41, 5.74) is 14.3. The molecule has 0 radical (unpaired) electrons. The molecular weight excluding hydrogens is 443 g/mol. The van der Waals surface area contributed by atoms with Gasteiger partial charge in [0, 0.05) is 53.2 Å². The van der Waals surface area contributed by atoms with E-state index in [9.17, 15) is 4.39 Å². The molecule has 2 bridgehead atoms. The molecule has 1 unspecified atom stereocenters. The van der Waals surface area contributed by atoms with Gasteiger partial charge in [0.2, 0.25) is 0 Å². The van der Waals surface area contributed by atoms with Gasteiger partial charge in [0.1, 0.15) is 11.9 Å². The smallest absolute Gasteiger partial charge is 0.166 e. The highest BCUT2D eigenvalue weighted by molar-refractivity contribution is 5.74. The van der Waals surface area contributed by atoms with E-state index >= 15 is 0 Å². The van der Waals surface area contributed by atoms with Crippen molar-refractivity contribution in [1.82, 2.24) is 24.5 Å². The Kier molecular flexibility index (Phi) is 4.23. The first-order chi connectivity index (χ1) is 16.9. The number of pyridine rings is 1. The van der Waals surface area contributed by atoms with Gasteiger partial charge in [0.05, 0.1) is 23.1 Å². The van der Waals surface area contributed by atoms with Crippen molar-refractivity contribution < 1.29 is 9.13 Å². The molecule has 1 aromatic carbocycles. The number of fused-ring (bicyclic) bond motifs is 7. The van der Waals surface area contributed by atoms with Crippen LogP contribution in [0.25, 0.3) is 22.5 Å². The van der Waals surface area contributed by atoms with Crippen molar-refractivity contribution >= 4 is 5.82 Å². The summed E-state index contributed by atoms with van der Waals surface area (Å²) in [5, 5.41) is 9.99. The molecule has 4 heterocycles. The van der Waals surface area contributed by atoms with Gasteiger partial charge in [-0.15, -0.1) is 0 Å². The SMILES string of the molecule is C[C@@H]1C[C@@H]1n1nc2c3c1-c1cnc(N)c(c1)O[C@H](C)c1cc(F)ccc1-c1nn(C)cc1C3CC2. The number of ether oxygens (including phenoxy) is 1. The van der Waals surface area contributed by atoms with Crippen LogP contribution in [0, 0.1) is 11.7 Å². The highest BCUT2D eigenvalue weighted by Crippen LogP contribution is 2.52. The van der Waals surface area contributed by atoms with Crippen LogP contribution in [-0.2, 0) is 13.5 Å². The molecule has 4 aromatic rings. The van der Waals surface area contributed by atoms with E-state index in [-0.39, 0.29) is 11.7 Å². The fourth-order valence-electron chi connectivity index (χ4n) is 5.94. The quantitative estimate of drug-likeness (QED) is 0.414. The number of hydrogen-bond donors (Lipinski definition) is 1. The van der Waals surface area contributed by atoms with E-state index in [0.29, 0.717) is 23.5 Å². The molecular formula is C27H27FN6O. The largest absolute Gasteiger partial charge is 0.482 e. The molecule has 2 aliphatic carbocycles. The number of nitrogens with two attached hydrogens (primary N) is 1. The highest BCUT2D eigenvalue weighted by atomic mass is 19.1. The number of nitrogen functional groups attached to an aromatic ring is 1. The standard InChI is InChI=1S/C27H27FN6O/c1-13-8-22(13)34-26-15-9-23(27(29)30-11-15)35-14(2)19-10-16(28)4-5-18(19)25-20(12-33(3)32-25)17-6-7-21(31-34)24(17)26/h4-5,9-14,17,22H,6-8H2,1-3H3,(H2,29,30)/t13-,14-,17?,22+/m1/s1. The number of hydrogen-bond acceptors (Lipinski definition) is 5. The summed E-state index contributed by atoms with van der Waals surface area (Å²) >= 11 is 0. The third-order valence-electron chi connectivity index (χ3n) is 7.82. The number of halogens is 1. The third kappa shape index (κ3) is 3.05. The number of aromatic nitrogens is 5. The lowest BCUT2D eigenvalue weighted by Gasteiger charge is -2.22. The minimum absolute atomic E-state index is 0.140. The van der Waals surface area contributed by atoms with Crippen LogP contribution in [0.2, 0.25) is 0 Å². The third-order valence-corrected chi connectivity index (χ3v) is 7.82. The van der Waals surface area contributed by atoms with E-state index in [0.717, 1.165) is 58.6 Å². The normalized spacial score (nSPS) is 24.0. The average molecular weight is 471 g/mol. The summed E-state index contributed by atoms with van der Waals surface area (Å²) < 4.78 is 24.9. The van der Waals surface area contributed by atoms with Gasteiger partial charge >= 0.3 is 0 Å². The van der Waals surface area contributed by atoms with E-state index in [4.69, 9.17) is 20.7 Å². The molecule has 0 spiro atoms. The first-order valence-corrected chi connectivity index (χ1v) is 12.3. The van der Waals surface area contributed by atoms with E-state index in [1.54, 1.807) is 0 Å². The molecule has 3 aromatic heterocycles. The first-order valence-electron chi connectivity index (χ1n) is 12.3. The van der Waals surface area contributed by atoms with Crippen LogP contribution < -0.4 is 10.5 Å². The van der Waals surface area contributed by atoms with Crippen LogP contribution in [-0.4, -0.2) is 24.5 Å². The number of anilines is 1. The first kappa shape index (κ1) is 20.7. The second kappa shape index (κ2) is 7.16.